The molecule has 6 heteroatoms. The highest BCUT2D eigenvalue weighted by Gasteiger charge is 2.39. The van der Waals surface area contributed by atoms with Crippen molar-refractivity contribution in [2.24, 2.45) is 11.0 Å². The highest BCUT2D eigenvalue weighted by atomic mass is 32.1. The van der Waals surface area contributed by atoms with Crippen molar-refractivity contribution in [2.45, 2.75) is 26.4 Å². The molecule has 1 aromatic heterocycles. The van der Waals surface area contributed by atoms with Gasteiger partial charge in [0.25, 0.3) is 5.91 Å². The molecule has 24 heavy (non-hydrogen) atoms. The van der Waals surface area contributed by atoms with E-state index in [1.54, 1.807) is 16.3 Å². The Labute approximate surface area is 145 Å². The van der Waals surface area contributed by atoms with Crippen molar-refractivity contribution >= 4 is 23.0 Å². The molecule has 0 aliphatic carbocycles. The number of hydrazone groups is 1. The Morgan fingerprint density at radius 1 is 1.25 bits per heavy atom. The van der Waals surface area contributed by atoms with Crippen LogP contribution in [0, 0.1) is 12.8 Å². The Hall–Kier alpha value is -2.05. The van der Waals surface area contributed by atoms with Gasteiger partial charge in [-0.1, -0.05) is 30.3 Å². The fourth-order valence-electron chi connectivity index (χ4n) is 3.36. The Morgan fingerprint density at radius 2 is 2.08 bits per heavy atom. The summed E-state index contributed by atoms with van der Waals surface area (Å²) in [5, 5.41) is 9.48. The molecule has 2 aliphatic rings. The van der Waals surface area contributed by atoms with Gasteiger partial charge in [0.1, 0.15) is 0 Å². The summed E-state index contributed by atoms with van der Waals surface area (Å²) < 4.78 is 0. The number of thiazole rings is 1. The Bertz CT molecular complexity index is 770. The SMILES string of the molecule is Cc1nc(CN2CCC3C(=O)N(Cc4ccccc4)N=C3C2)cs1. The van der Waals surface area contributed by atoms with Crippen LogP contribution in [0.3, 0.4) is 0 Å². The first-order valence-electron chi connectivity index (χ1n) is 8.25. The molecule has 1 atom stereocenters. The fourth-order valence-corrected chi connectivity index (χ4v) is 3.97. The summed E-state index contributed by atoms with van der Waals surface area (Å²) in [4.78, 5) is 19.5. The molecule has 0 saturated carbocycles. The minimum Gasteiger partial charge on any atom is -0.292 e. The summed E-state index contributed by atoms with van der Waals surface area (Å²) in [6, 6.07) is 10.0. The number of fused-ring (bicyclic) bond motifs is 1. The third-order valence-corrected chi connectivity index (χ3v) is 5.37. The van der Waals surface area contributed by atoms with Gasteiger partial charge in [-0.15, -0.1) is 11.3 Å². The number of carbonyl (C=O) groups excluding carboxylic acids is 1. The van der Waals surface area contributed by atoms with Gasteiger partial charge < -0.3 is 0 Å². The van der Waals surface area contributed by atoms with Crippen LogP contribution < -0.4 is 0 Å². The van der Waals surface area contributed by atoms with Crippen LogP contribution in [0.2, 0.25) is 0 Å². The maximum atomic E-state index is 12.6. The molecule has 3 heterocycles. The smallest absolute Gasteiger partial charge is 0.251 e. The molecule has 1 amide bonds. The van der Waals surface area contributed by atoms with Crippen LogP contribution in [-0.4, -0.2) is 39.6 Å². The van der Waals surface area contributed by atoms with E-state index in [1.807, 2.05) is 37.3 Å². The lowest BCUT2D eigenvalue weighted by atomic mass is 9.94. The molecule has 4 rings (SSSR count). The molecule has 0 bridgehead atoms. The third-order valence-electron chi connectivity index (χ3n) is 4.55. The number of piperidine rings is 1. The van der Waals surface area contributed by atoms with E-state index in [0.29, 0.717) is 6.54 Å². The fraction of sp³-hybridized carbons (Fsp3) is 0.389. The van der Waals surface area contributed by atoms with Crippen LogP contribution >= 0.6 is 11.3 Å². The monoisotopic (exact) mass is 340 g/mol. The van der Waals surface area contributed by atoms with E-state index in [4.69, 9.17) is 0 Å². The predicted molar refractivity (Wildman–Crippen MR) is 94.7 cm³/mol. The lowest BCUT2D eigenvalue weighted by molar-refractivity contribution is -0.132. The van der Waals surface area contributed by atoms with Crippen LogP contribution in [0.25, 0.3) is 0 Å². The van der Waals surface area contributed by atoms with Gasteiger partial charge in [0.2, 0.25) is 0 Å². The number of hydrogen-bond donors (Lipinski definition) is 0. The molecule has 0 N–H and O–H groups in total. The molecular formula is C18H20N4OS. The van der Waals surface area contributed by atoms with Crippen molar-refractivity contribution in [1.29, 1.82) is 0 Å². The number of likely N-dealkylation sites (tertiary alicyclic amines) is 1. The van der Waals surface area contributed by atoms with Gasteiger partial charge in [0.15, 0.2) is 0 Å². The topological polar surface area (TPSA) is 48.8 Å². The second-order valence-electron chi connectivity index (χ2n) is 6.38. The minimum atomic E-state index is -0.0258. The average Bonchev–Trinajstić information content (AvgIpc) is 3.12. The van der Waals surface area contributed by atoms with E-state index in [9.17, 15) is 4.79 Å². The molecular weight excluding hydrogens is 320 g/mol. The molecule has 2 aromatic rings. The molecule has 124 valence electrons. The quantitative estimate of drug-likeness (QED) is 0.860. The number of aryl methyl sites for hydroxylation is 1. The first-order chi connectivity index (χ1) is 11.7. The van der Waals surface area contributed by atoms with Crippen molar-refractivity contribution in [3.8, 4) is 0 Å². The zero-order valence-corrected chi connectivity index (χ0v) is 14.5. The van der Waals surface area contributed by atoms with Crippen LogP contribution in [-0.2, 0) is 17.9 Å². The molecule has 0 spiro atoms. The van der Waals surface area contributed by atoms with E-state index < -0.39 is 0 Å². The van der Waals surface area contributed by atoms with Gasteiger partial charge in [-0.3, -0.25) is 9.69 Å². The van der Waals surface area contributed by atoms with Gasteiger partial charge in [-0.25, -0.2) is 9.99 Å². The number of amides is 1. The largest absolute Gasteiger partial charge is 0.292 e. The van der Waals surface area contributed by atoms with Gasteiger partial charge in [0, 0.05) is 25.0 Å². The maximum Gasteiger partial charge on any atom is 0.251 e. The van der Waals surface area contributed by atoms with Crippen molar-refractivity contribution in [1.82, 2.24) is 14.9 Å². The van der Waals surface area contributed by atoms with Crippen LogP contribution in [0.5, 0.6) is 0 Å². The number of rotatable bonds is 4. The predicted octanol–water partition coefficient (Wildman–Crippen LogP) is 2.67. The molecule has 1 unspecified atom stereocenters. The van der Waals surface area contributed by atoms with Crippen molar-refractivity contribution < 1.29 is 4.79 Å². The molecule has 5 nitrogen and oxygen atoms in total. The molecule has 1 saturated heterocycles. The van der Waals surface area contributed by atoms with Crippen LogP contribution in [0.1, 0.15) is 22.7 Å². The van der Waals surface area contributed by atoms with Crippen molar-refractivity contribution in [2.75, 3.05) is 13.1 Å². The lowest BCUT2D eigenvalue weighted by Crippen LogP contribution is -2.41. The molecule has 1 fully saturated rings. The molecule has 2 aliphatic heterocycles. The third kappa shape index (κ3) is 3.12. The van der Waals surface area contributed by atoms with E-state index in [-0.39, 0.29) is 11.8 Å². The van der Waals surface area contributed by atoms with E-state index in [2.05, 4.69) is 20.4 Å². The average molecular weight is 340 g/mol. The van der Waals surface area contributed by atoms with Gasteiger partial charge in [-0.2, -0.15) is 5.10 Å². The highest BCUT2D eigenvalue weighted by molar-refractivity contribution is 7.09. The second kappa shape index (κ2) is 6.45. The molecule has 1 aromatic carbocycles. The number of aromatic nitrogens is 1. The highest BCUT2D eigenvalue weighted by Crippen LogP contribution is 2.26. The number of nitrogens with zero attached hydrogens (tertiary/aromatic N) is 4. The van der Waals surface area contributed by atoms with E-state index in [0.717, 1.165) is 48.0 Å². The summed E-state index contributed by atoms with van der Waals surface area (Å²) >= 11 is 1.68. The van der Waals surface area contributed by atoms with Crippen LogP contribution in [0.4, 0.5) is 0 Å². The van der Waals surface area contributed by atoms with Gasteiger partial charge >= 0.3 is 0 Å². The van der Waals surface area contributed by atoms with Gasteiger partial charge in [-0.05, 0) is 18.9 Å². The first kappa shape index (κ1) is 15.5. The summed E-state index contributed by atoms with van der Waals surface area (Å²) in [7, 11) is 0. The second-order valence-corrected chi connectivity index (χ2v) is 7.44. The Morgan fingerprint density at radius 3 is 2.83 bits per heavy atom. The van der Waals surface area contributed by atoms with Crippen molar-refractivity contribution in [3.05, 3.63) is 52.0 Å². The lowest BCUT2D eigenvalue weighted by Gasteiger charge is -2.28. The van der Waals surface area contributed by atoms with Gasteiger partial charge in [0.05, 0.1) is 28.9 Å². The number of carbonyl (C=O) groups is 1. The van der Waals surface area contributed by atoms with Crippen LogP contribution in [0.15, 0.2) is 40.8 Å². The Kier molecular flexibility index (Phi) is 4.16. The Balaban J connectivity index is 1.44. The zero-order valence-electron chi connectivity index (χ0n) is 13.7. The molecule has 0 radical (unpaired) electrons. The van der Waals surface area contributed by atoms with E-state index in [1.165, 1.54) is 0 Å². The van der Waals surface area contributed by atoms with E-state index >= 15 is 0 Å². The standard InChI is InChI=1S/C18H20N4OS/c1-13-19-15(12-24-13)10-21-8-7-16-17(11-21)20-22(18(16)23)9-14-5-3-2-4-6-14/h2-6,12,16H,7-11H2,1H3. The maximum absolute atomic E-state index is 12.6. The summed E-state index contributed by atoms with van der Waals surface area (Å²) in [6.45, 7) is 5.11. The minimum absolute atomic E-state index is 0.0258. The first-order valence-corrected chi connectivity index (χ1v) is 9.13. The summed E-state index contributed by atoms with van der Waals surface area (Å²) in [6.07, 6.45) is 0.853. The number of hydrogen-bond acceptors (Lipinski definition) is 5. The number of benzene rings is 1. The zero-order chi connectivity index (χ0) is 16.5. The van der Waals surface area contributed by atoms with Crippen molar-refractivity contribution in [3.63, 3.8) is 0 Å². The summed E-state index contributed by atoms with van der Waals surface area (Å²) in [5.41, 5.74) is 3.24. The normalized spacial score (nSPS) is 21.0. The summed E-state index contributed by atoms with van der Waals surface area (Å²) in [5.74, 6) is 0.125.